The van der Waals surface area contributed by atoms with E-state index in [9.17, 15) is 13.6 Å². The van der Waals surface area contributed by atoms with Crippen molar-refractivity contribution in [3.63, 3.8) is 0 Å². The van der Waals surface area contributed by atoms with E-state index < -0.39 is 11.9 Å². The molecule has 1 amide bonds. The van der Waals surface area contributed by atoms with Crippen LogP contribution in [-0.2, 0) is 9.53 Å². The third kappa shape index (κ3) is 5.43. The van der Waals surface area contributed by atoms with E-state index >= 15 is 0 Å². The molecule has 4 nitrogen and oxygen atoms in total. The lowest BCUT2D eigenvalue weighted by Gasteiger charge is -2.13. The molecule has 118 valence electrons. The number of carbonyl (C=O) groups is 1. The molecule has 0 spiro atoms. The molecule has 1 fully saturated rings. The predicted molar refractivity (Wildman–Crippen MR) is 81.1 cm³/mol. The summed E-state index contributed by atoms with van der Waals surface area (Å²) in [6.45, 7) is 0.393. The molecule has 8 heteroatoms. The van der Waals surface area contributed by atoms with Gasteiger partial charge in [-0.05, 0) is 31.0 Å². The zero-order valence-electron chi connectivity index (χ0n) is 11.1. The molecule has 1 aliphatic heterocycles. The summed E-state index contributed by atoms with van der Waals surface area (Å²) in [5.41, 5.74) is 5.97. The van der Waals surface area contributed by atoms with Gasteiger partial charge in [-0.25, -0.2) is 0 Å². The van der Waals surface area contributed by atoms with Gasteiger partial charge in [0.15, 0.2) is 0 Å². The number of nitrogens with one attached hydrogen (secondary N) is 1. The molecule has 21 heavy (non-hydrogen) atoms. The van der Waals surface area contributed by atoms with E-state index in [1.807, 2.05) is 0 Å². The molecular formula is C13H17ClF2N2O2S. The van der Waals surface area contributed by atoms with E-state index in [2.05, 4.69) is 5.32 Å². The number of ether oxygens (including phenoxy) is 1. The lowest BCUT2D eigenvalue weighted by Crippen LogP contribution is -2.29. The van der Waals surface area contributed by atoms with E-state index in [0.29, 0.717) is 35.3 Å². The second kappa shape index (κ2) is 8.53. The molecule has 0 bridgehead atoms. The Hall–Kier alpha value is -0.890. The number of carbonyl (C=O) groups excluding carboxylic acids is 1. The van der Waals surface area contributed by atoms with Gasteiger partial charge in [0.05, 0.1) is 6.10 Å². The van der Waals surface area contributed by atoms with E-state index in [-0.39, 0.29) is 24.4 Å². The highest BCUT2D eigenvalue weighted by molar-refractivity contribution is 7.99. The van der Waals surface area contributed by atoms with Crippen LogP contribution in [-0.4, -0.2) is 30.4 Å². The number of thioether (sulfide) groups is 1. The van der Waals surface area contributed by atoms with Crippen molar-refractivity contribution in [2.45, 2.75) is 35.7 Å². The number of alkyl halides is 2. The minimum absolute atomic E-state index is 0. The van der Waals surface area contributed by atoms with Gasteiger partial charge < -0.3 is 15.8 Å². The Morgan fingerprint density at radius 2 is 2.24 bits per heavy atom. The number of benzene rings is 1. The van der Waals surface area contributed by atoms with Crippen molar-refractivity contribution in [2.75, 3.05) is 11.9 Å². The number of anilines is 1. The van der Waals surface area contributed by atoms with Gasteiger partial charge in [0, 0.05) is 17.1 Å². The quantitative estimate of drug-likeness (QED) is 0.810. The van der Waals surface area contributed by atoms with Crippen LogP contribution in [0.2, 0.25) is 0 Å². The van der Waals surface area contributed by atoms with Crippen LogP contribution in [0.4, 0.5) is 14.5 Å². The molecule has 0 unspecified atom stereocenters. The monoisotopic (exact) mass is 338 g/mol. The minimum atomic E-state index is -2.48. The Labute approximate surface area is 132 Å². The molecule has 1 aromatic carbocycles. The predicted octanol–water partition coefficient (Wildman–Crippen LogP) is 2.87. The minimum Gasteiger partial charge on any atom is -0.364 e. The SMILES string of the molecule is Cl.NC[C@H]1CC[C@@H](C(=O)Nc2cccc(SC(F)F)c2)O1. The Kier molecular flexibility index (Phi) is 7.37. The summed E-state index contributed by atoms with van der Waals surface area (Å²) in [5.74, 6) is -2.75. The van der Waals surface area contributed by atoms with Crippen LogP contribution >= 0.6 is 24.2 Å². The van der Waals surface area contributed by atoms with Gasteiger partial charge in [-0.3, -0.25) is 4.79 Å². The number of nitrogens with two attached hydrogens (primary N) is 1. The Bertz CT molecular complexity index is 479. The van der Waals surface area contributed by atoms with Gasteiger partial charge in [0.2, 0.25) is 0 Å². The largest absolute Gasteiger partial charge is 0.364 e. The molecule has 1 heterocycles. The van der Waals surface area contributed by atoms with Gasteiger partial charge in [-0.15, -0.1) is 12.4 Å². The zero-order valence-corrected chi connectivity index (χ0v) is 12.8. The number of hydrogen-bond donors (Lipinski definition) is 2. The standard InChI is InChI=1S/C13H16F2N2O2S.ClH/c14-13(15)20-10-3-1-2-8(6-10)17-12(18)11-5-4-9(7-16)19-11;/h1-3,6,9,11,13H,4-5,7,16H2,(H,17,18);1H/t9-,11+;/m1./s1. The van der Waals surface area contributed by atoms with Gasteiger partial charge in [0.1, 0.15) is 6.10 Å². The first-order valence-corrected chi connectivity index (χ1v) is 7.17. The lowest BCUT2D eigenvalue weighted by molar-refractivity contribution is -0.126. The highest BCUT2D eigenvalue weighted by Gasteiger charge is 2.29. The van der Waals surface area contributed by atoms with Crippen molar-refractivity contribution < 1.29 is 18.3 Å². The summed E-state index contributed by atoms with van der Waals surface area (Å²) in [7, 11) is 0. The topological polar surface area (TPSA) is 64.4 Å². The van der Waals surface area contributed by atoms with Crippen LogP contribution in [0, 0.1) is 0 Å². The first kappa shape index (κ1) is 18.2. The Morgan fingerprint density at radius 1 is 1.48 bits per heavy atom. The van der Waals surface area contributed by atoms with Crippen LogP contribution in [0.1, 0.15) is 12.8 Å². The average Bonchev–Trinajstić information content (AvgIpc) is 2.87. The second-order valence-electron chi connectivity index (χ2n) is 4.46. The Morgan fingerprint density at radius 3 is 2.86 bits per heavy atom. The third-order valence-corrected chi connectivity index (χ3v) is 3.69. The molecule has 0 radical (unpaired) electrons. The van der Waals surface area contributed by atoms with Crippen molar-refractivity contribution in [3.8, 4) is 0 Å². The summed E-state index contributed by atoms with van der Waals surface area (Å²) in [4.78, 5) is 12.4. The molecule has 1 saturated heterocycles. The van der Waals surface area contributed by atoms with Crippen molar-refractivity contribution in [3.05, 3.63) is 24.3 Å². The van der Waals surface area contributed by atoms with Crippen LogP contribution in [0.15, 0.2) is 29.2 Å². The highest BCUT2D eigenvalue weighted by Crippen LogP contribution is 2.27. The van der Waals surface area contributed by atoms with Gasteiger partial charge >= 0.3 is 0 Å². The van der Waals surface area contributed by atoms with Crippen LogP contribution in [0.5, 0.6) is 0 Å². The summed E-state index contributed by atoms with van der Waals surface area (Å²) >= 11 is 0.444. The van der Waals surface area contributed by atoms with Crippen LogP contribution < -0.4 is 11.1 Å². The molecule has 1 aliphatic rings. The fraction of sp³-hybridized carbons (Fsp3) is 0.462. The van der Waals surface area contributed by atoms with E-state index in [4.69, 9.17) is 10.5 Å². The van der Waals surface area contributed by atoms with E-state index in [0.717, 1.165) is 6.42 Å². The second-order valence-corrected chi connectivity index (χ2v) is 5.52. The molecule has 2 rings (SSSR count). The summed E-state index contributed by atoms with van der Waals surface area (Å²) in [5, 5.41) is 2.68. The molecular weight excluding hydrogens is 322 g/mol. The maximum Gasteiger partial charge on any atom is 0.288 e. The molecule has 2 atom stereocenters. The Balaban J connectivity index is 0.00000220. The van der Waals surface area contributed by atoms with Crippen molar-refractivity contribution in [1.82, 2.24) is 0 Å². The third-order valence-electron chi connectivity index (χ3n) is 2.99. The van der Waals surface area contributed by atoms with Crippen molar-refractivity contribution in [2.24, 2.45) is 5.73 Å². The van der Waals surface area contributed by atoms with E-state index in [1.165, 1.54) is 6.07 Å². The number of halogens is 3. The summed E-state index contributed by atoms with van der Waals surface area (Å²) in [6, 6.07) is 6.37. The van der Waals surface area contributed by atoms with E-state index in [1.54, 1.807) is 18.2 Å². The first-order chi connectivity index (χ1) is 9.58. The van der Waals surface area contributed by atoms with Crippen LogP contribution in [0.25, 0.3) is 0 Å². The van der Waals surface area contributed by atoms with Crippen molar-refractivity contribution in [1.29, 1.82) is 0 Å². The summed E-state index contributed by atoms with van der Waals surface area (Å²) < 4.78 is 30.0. The van der Waals surface area contributed by atoms with Gasteiger partial charge in [0.25, 0.3) is 11.7 Å². The fourth-order valence-corrected chi connectivity index (χ4v) is 2.60. The first-order valence-electron chi connectivity index (χ1n) is 6.29. The van der Waals surface area contributed by atoms with Gasteiger partial charge in [-0.1, -0.05) is 17.8 Å². The van der Waals surface area contributed by atoms with Crippen molar-refractivity contribution >= 4 is 35.8 Å². The molecule has 1 aromatic rings. The number of amides is 1. The number of hydrogen-bond acceptors (Lipinski definition) is 4. The molecule has 0 aliphatic carbocycles. The zero-order chi connectivity index (χ0) is 14.5. The van der Waals surface area contributed by atoms with Crippen LogP contribution in [0.3, 0.4) is 0 Å². The normalized spacial score (nSPS) is 21.1. The molecule has 0 aromatic heterocycles. The maximum absolute atomic E-state index is 12.3. The van der Waals surface area contributed by atoms with Gasteiger partial charge in [-0.2, -0.15) is 8.78 Å². The number of rotatable bonds is 5. The average molecular weight is 339 g/mol. The maximum atomic E-state index is 12.3. The molecule has 0 saturated carbocycles. The smallest absolute Gasteiger partial charge is 0.288 e. The molecule has 3 N–H and O–H groups in total. The fourth-order valence-electron chi connectivity index (χ4n) is 2.04. The summed E-state index contributed by atoms with van der Waals surface area (Å²) in [6.07, 6.45) is 0.788. The highest BCUT2D eigenvalue weighted by atomic mass is 35.5. The lowest BCUT2D eigenvalue weighted by atomic mass is 10.2.